The summed E-state index contributed by atoms with van der Waals surface area (Å²) in [5.74, 6) is -1.52. The molecular formula is C23H24FN3O5. The van der Waals surface area contributed by atoms with Gasteiger partial charge in [0, 0.05) is 42.0 Å². The first-order chi connectivity index (χ1) is 15.2. The van der Waals surface area contributed by atoms with Crippen molar-refractivity contribution in [3.05, 3.63) is 52.1 Å². The SMILES string of the molecule is Cc1[nH]c(/C=C2\C(=O)Nc3ccc(F)cc32)c(C)c1C(=O)NCC[C@@H]1CC(O)CC(=O)O1. The third kappa shape index (κ3) is 4.29. The first-order valence-corrected chi connectivity index (χ1v) is 10.4. The van der Waals surface area contributed by atoms with Crippen molar-refractivity contribution in [1.29, 1.82) is 0 Å². The van der Waals surface area contributed by atoms with Crippen LogP contribution in [-0.4, -0.2) is 46.6 Å². The van der Waals surface area contributed by atoms with Crippen LogP contribution in [0.4, 0.5) is 10.1 Å². The summed E-state index contributed by atoms with van der Waals surface area (Å²) in [5.41, 5.74) is 3.64. The van der Waals surface area contributed by atoms with Crippen molar-refractivity contribution in [2.45, 2.75) is 45.3 Å². The molecule has 1 aromatic heterocycles. The number of ether oxygens (including phenoxy) is 1. The molecule has 1 saturated heterocycles. The monoisotopic (exact) mass is 441 g/mol. The van der Waals surface area contributed by atoms with Crippen molar-refractivity contribution in [2.75, 3.05) is 11.9 Å². The zero-order chi connectivity index (χ0) is 23.0. The summed E-state index contributed by atoms with van der Waals surface area (Å²) in [5, 5.41) is 15.2. The Hall–Kier alpha value is -3.46. The number of hydrogen-bond donors (Lipinski definition) is 4. The summed E-state index contributed by atoms with van der Waals surface area (Å²) in [4.78, 5) is 39.7. The molecule has 1 aromatic carbocycles. The second-order valence-electron chi connectivity index (χ2n) is 8.12. The van der Waals surface area contributed by atoms with E-state index in [2.05, 4.69) is 15.6 Å². The van der Waals surface area contributed by atoms with Gasteiger partial charge in [0.15, 0.2) is 0 Å². The van der Waals surface area contributed by atoms with Gasteiger partial charge in [0.25, 0.3) is 11.8 Å². The highest BCUT2D eigenvalue weighted by molar-refractivity contribution is 6.34. The highest BCUT2D eigenvalue weighted by Crippen LogP contribution is 2.34. The molecule has 1 fully saturated rings. The molecule has 0 bridgehead atoms. The molecule has 168 valence electrons. The number of benzene rings is 1. The lowest BCUT2D eigenvalue weighted by molar-refractivity contribution is -0.160. The predicted octanol–water partition coefficient (Wildman–Crippen LogP) is 2.45. The number of aryl methyl sites for hydroxylation is 1. The summed E-state index contributed by atoms with van der Waals surface area (Å²) < 4.78 is 18.9. The van der Waals surface area contributed by atoms with E-state index >= 15 is 0 Å². The number of amides is 2. The number of aliphatic hydroxyl groups is 1. The minimum atomic E-state index is -0.715. The van der Waals surface area contributed by atoms with E-state index in [-0.39, 0.29) is 24.8 Å². The third-order valence-electron chi connectivity index (χ3n) is 5.74. The number of esters is 1. The summed E-state index contributed by atoms with van der Waals surface area (Å²) in [6, 6.07) is 4.09. The molecule has 2 amide bonds. The number of nitrogens with one attached hydrogen (secondary N) is 3. The van der Waals surface area contributed by atoms with Crippen molar-refractivity contribution in [3.63, 3.8) is 0 Å². The molecule has 0 aliphatic carbocycles. The number of anilines is 1. The van der Waals surface area contributed by atoms with E-state index in [0.29, 0.717) is 52.2 Å². The number of carbonyl (C=O) groups is 3. The average Bonchev–Trinajstić information content (AvgIpc) is 3.16. The number of aromatic amines is 1. The Labute approximate surface area is 183 Å². The molecule has 32 heavy (non-hydrogen) atoms. The van der Waals surface area contributed by atoms with Crippen LogP contribution < -0.4 is 10.6 Å². The van der Waals surface area contributed by atoms with E-state index in [1.54, 1.807) is 19.9 Å². The maximum absolute atomic E-state index is 13.7. The Bertz CT molecular complexity index is 1140. The average molecular weight is 441 g/mol. The van der Waals surface area contributed by atoms with Crippen molar-refractivity contribution >= 4 is 35.1 Å². The molecule has 9 heteroatoms. The molecule has 1 unspecified atom stereocenters. The van der Waals surface area contributed by atoms with Crippen LogP contribution >= 0.6 is 0 Å². The molecule has 0 spiro atoms. The predicted molar refractivity (Wildman–Crippen MR) is 115 cm³/mol. The molecular weight excluding hydrogens is 417 g/mol. The minimum absolute atomic E-state index is 0.00196. The number of aliphatic hydroxyl groups excluding tert-OH is 1. The van der Waals surface area contributed by atoms with Crippen LogP contribution in [0.3, 0.4) is 0 Å². The lowest BCUT2D eigenvalue weighted by atomic mass is 10.0. The number of H-pyrrole nitrogens is 1. The van der Waals surface area contributed by atoms with Crippen LogP contribution in [0.1, 0.15) is 52.1 Å². The van der Waals surface area contributed by atoms with Gasteiger partial charge in [-0.1, -0.05) is 0 Å². The van der Waals surface area contributed by atoms with E-state index in [9.17, 15) is 23.9 Å². The second kappa shape index (κ2) is 8.58. The van der Waals surface area contributed by atoms with Crippen LogP contribution in [0, 0.1) is 19.7 Å². The molecule has 2 aromatic rings. The number of hydrogen-bond acceptors (Lipinski definition) is 5. The molecule has 2 aliphatic rings. The molecule has 3 heterocycles. The molecule has 2 aliphatic heterocycles. The summed E-state index contributed by atoms with van der Waals surface area (Å²) in [6.07, 6.45) is 1.22. The van der Waals surface area contributed by atoms with E-state index in [1.165, 1.54) is 18.2 Å². The largest absolute Gasteiger partial charge is 0.462 e. The first-order valence-electron chi connectivity index (χ1n) is 10.4. The second-order valence-corrected chi connectivity index (χ2v) is 8.12. The van der Waals surface area contributed by atoms with Crippen molar-refractivity contribution in [2.24, 2.45) is 0 Å². The van der Waals surface area contributed by atoms with Gasteiger partial charge >= 0.3 is 5.97 Å². The van der Waals surface area contributed by atoms with E-state index < -0.39 is 24.0 Å². The number of halogens is 1. The number of cyclic esters (lactones) is 1. The fourth-order valence-corrected chi connectivity index (χ4v) is 4.18. The number of rotatable bonds is 5. The van der Waals surface area contributed by atoms with Crippen LogP contribution in [0.15, 0.2) is 18.2 Å². The highest BCUT2D eigenvalue weighted by atomic mass is 19.1. The third-order valence-corrected chi connectivity index (χ3v) is 5.74. The molecule has 0 radical (unpaired) electrons. The van der Waals surface area contributed by atoms with Gasteiger partial charge in [0.2, 0.25) is 0 Å². The summed E-state index contributed by atoms with van der Waals surface area (Å²) in [7, 11) is 0. The molecule has 0 saturated carbocycles. The zero-order valence-electron chi connectivity index (χ0n) is 17.8. The Morgan fingerprint density at radius 2 is 2.12 bits per heavy atom. The topological polar surface area (TPSA) is 121 Å². The van der Waals surface area contributed by atoms with Crippen LogP contribution in [0.25, 0.3) is 11.6 Å². The zero-order valence-corrected chi connectivity index (χ0v) is 17.8. The minimum Gasteiger partial charge on any atom is -0.462 e. The van der Waals surface area contributed by atoms with Gasteiger partial charge in [0.05, 0.1) is 23.7 Å². The highest BCUT2D eigenvalue weighted by Gasteiger charge is 2.28. The van der Waals surface area contributed by atoms with Gasteiger partial charge in [0.1, 0.15) is 11.9 Å². The molecule has 4 N–H and O–H groups in total. The van der Waals surface area contributed by atoms with Gasteiger partial charge in [-0.05, 0) is 43.7 Å². The maximum Gasteiger partial charge on any atom is 0.308 e. The fraction of sp³-hybridized carbons (Fsp3) is 0.348. The van der Waals surface area contributed by atoms with Crippen molar-refractivity contribution in [3.8, 4) is 0 Å². The first kappa shape index (κ1) is 21.8. The number of carbonyl (C=O) groups excluding carboxylic acids is 3. The fourth-order valence-electron chi connectivity index (χ4n) is 4.18. The molecule has 2 atom stereocenters. The van der Waals surface area contributed by atoms with Gasteiger partial charge in [-0.2, -0.15) is 0 Å². The van der Waals surface area contributed by atoms with Crippen molar-refractivity contribution < 1.29 is 28.6 Å². The van der Waals surface area contributed by atoms with Crippen molar-refractivity contribution in [1.82, 2.24) is 10.3 Å². The Balaban J connectivity index is 1.48. The Morgan fingerprint density at radius 3 is 2.88 bits per heavy atom. The van der Waals surface area contributed by atoms with Gasteiger partial charge in [-0.3, -0.25) is 14.4 Å². The van der Waals surface area contributed by atoms with E-state index in [1.807, 2.05) is 0 Å². The number of fused-ring (bicyclic) bond motifs is 1. The van der Waals surface area contributed by atoms with E-state index in [0.717, 1.165) is 0 Å². The normalized spacial score (nSPS) is 21.3. The number of aromatic nitrogens is 1. The lowest BCUT2D eigenvalue weighted by Crippen LogP contribution is -2.35. The molecule has 4 rings (SSSR count). The van der Waals surface area contributed by atoms with Crippen LogP contribution in [-0.2, 0) is 14.3 Å². The van der Waals surface area contributed by atoms with E-state index in [4.69, 9.17) is 4.74 Å². The quantitative estimate of drug-likeness (QED) is 0.420. The maximum atomic E-state index is 13.7. The Kier molecular flexibility index (Phi) is 5.84. The Morgan fingerprint density at radius 1 is 1.34 bits per heavy atom. The standard InChI is InChI=1S/C23H24FN3O5/c1-11-19(10-17-16-7-13(24)3-4-18(16)27-22(17)30)26-12(2)21(11)23(31)25-6-5-15-8-14(28)9-20(29)32-15/h3-4,7,10,14-15,26,28H,5-6,8-9H2,1-2H3,(H,25,31)(H,27,30)/b17-10-/t14?,15-/m1/s1. The lowest BCUT2D eigenvalue weighted by Gasteiger charge is -2.25. The molecule has 8 nitrogen and oxygen atoms in total. The smallest absolute Gasteiger partial charge is 0.308 e. The van der Waals surface area contributed by atoms with Crippen LogP contribution in [0.5, 0.6) is 0 Å². The summed E-state index contributed by atoms with van der Waals surface area (Å²) >= 11 is 0. The van der Waals surface area contributed by atoms with Crippen LogP contribution in [0.2, 0.25) is 0 Å². The van der Waals surface area contributed by atoms with Gasteiger partial charge in [-0.25, -0.2) is 4.39 Å². The van der Waals surface area contributed by atoms with Gasteiger partial charge in [-0.15, -0.1) is 0 Å². The van der Waals surface area contributed by atoms with Gasteiger partial charge < -0.3 is 25.5 Å². The summed E-state index contributed by atoms with van der Waals surface area (Å²) in [6.45, 7) is 3.80.